The zero-order chi connectivity index (χ0) is 59.3. The van der Waals surface area contributed by atoms with Crippen LogP contribution in [0, 0.1) is 0 Å². The number of amides is 1. The summed E-state index contributed by atoms with van der Waals surface area (Å²) in [6.07, 6.45) is 0. The number of rotatable bonds is 13. The van der Waals surface area contributed by atoms with Gasteiger partial charge >= 0.3 is 17.9 Å². The van der Waals surface area contributed by atoms with Gasteiger partial charge in [0.05, 0.1) is 47.2 Å². The monoisotopic (exact) mass is 1150 g/mol. The fourth-order valence-electron chi connectivity index (χ4n) is 9.53. The average Bonchev–Trinajstić information content (AvgIpc) is 3.60. The first-order valence-corrected chi connectivity index (χ1v) is 28.0. The molecule has 0 spiro atoms. The van der Waals surface area contributed by atoms with E-state index < -0.39 is 17.2 Å². The summed E-state index contributed by atoms with van der Waals surface area (Å²) in [5.74, 6) is -0.478. The highest BCUT2D eigenvalue weighted by Gasteiger charge is 2.25. The van der Waals surface area contributed by atoms with Crippen molar-refractivity contribution >= 4 is 35.2 Å². The van der Waals surface area contributed by atoms with Crippen LogP contribution < -0.4 is 30.3 Å². The van der Waals surface area contributed by atoms with Gasteiger partial charge in [0.15, 0.2) is 0 Å². The van der Waals surface area contributed by atoms with Crippen LogP contribution in [0.1, 0.15) is 146 Å². The molecule has 0 saturated carbocycles. The van der Waals surface area contributed by atoms with Crippen molar-refractivity contribution in [3.63, 3.8) is 0 Å². The van der Waals surface area contributed by atoms with Gasteiger partial charge in [-0.25, -0.2) is 14.4 Å². The molecule has 13 heteroatoms. The number of ether oxygens (including phenoxy) is 4. The Labute approximate surface area is 502 Å². The fraction of sp³-hybridized carbons (Fsp3) is 0.278. The van der Waals surface area contributed by atoms with Crippen LogP contribution in [0.5, 0.6) is 11.5 Å². The zero-order valence-electron chi connectivity index (χ0n) is 48.6. The quantitative estimate of drug-likeness (QED) is 0.0935. The number of carbonyl (C=O) groups is 4. The molecular formula is C72H82N4O9. The standard InChI is InChI=1S/C35H36N2O4.C27H27NO5.C8H11N.2CH4/c1-24(26-10-6-5-7-11-26)36-33(38)28-18-19-31-32(22-28)40-21-20-37(31)23-25-14-16-27(17-15-25)29-12-8-9-13-30(29)34(39)41-35(2,3)4;1-27(2,3)33-26(31)22-7-5-4-6-21(22)19-10-8-18(9-11-19)17-28-14-15-32-24-16-20(25(29)30)12-13-23(24)28;1-7(9)8-5-3-2-4-6-8;;/h5-19,22,24H,20-21,23H2,1-4H3,(H,36,38);4-13,16H,14-15,17H2,1-3H3,(H,29,30);2-7H,9H2,1H3;2*1H4/t24-;;7-;;/m0.0../s1. The van der Waals surface area contributed by atoms with Crippen LogP contribution in [0.25, 0.3) is 22.3 Å². The van der Waals surface area contributed by atoms with Crippen LogP contribution in [0.3, 0.4) is 0 Å². The van der Waals surface area contributed by atoms with Crippen molar-refractivity contribution in [3.8, 4) is 33.8 Å². The molecule has 0 saturated heterocycles. The number of esters is 2. The molecule has 0 fully saturated rings. The molecule has 13 nitrogen and oxygen atoms in total. The molecule has 0 unspecified atom stereocenters. The number of nitrogens with zero attached hydrogens (tertiary/aromatic N) is 2. The maximum absolute atomic E-state index is 13.0. The van der Waals surface area contributed by atoms with Crippen molar-refractivity contribution in [2.45, 2.75) is 107 Å². The van der Waals surface area contributed by atoms with E-state index in [1.807, 2.05) is 207 Å². The van der Waals surface area contributed by atoms with E-state index in [4.69, 9.17) is 24.7 Å². The van der Waals surface area contributed by atoms with E-state index in [1.165, 1.54) is 5.56 Å². The van der Waals surface area contributed by atoms with E-state index in [2.05, 4.69) is 27.2 Å². The minimum absolute atomic E-state index is 0. The van der Waals surface area contributed by atoms with E-state index in [0.29, 0.717) is 61.0 Å². The fourth-order valence-corrected chi connectivity index (χ4v) is 9.53. The summed E-state index contributed by atoms with van der Waals surface area (Å²) in [5.41, 5.74) is 16.3. The first-order valence-electron chi connectivity index (χ1n) is 28.0. The lowest BCUT2D eigenvalue weighted by Gasteiger charge is -2.31. The normalized spacial score (nSPS) is 13.0. The Morgan fingerprint density at radius 2 is 0.918 bits per heavy atom. The number of benzene rings is 8. The van der Waals surface area contributed by atoms with E-state index in [0.717, 1.165) is 56.9 Å². The molecule has 0 bridgehead atoms. The number of anilines is 2. The Balaban J connectivity index is 0.000000236. The average molecular weight is 1150 g/mol. The first-order chi connectivity index (χ1) is 39.7. The Bertz CT molecular complexity index is 3500. The van der Waals surface area contributed by atoms with Gasteiger partial charge in [-0.1, -0.05) is 160 Å². The van der Waals surface area contributed by atoms with Crippen molar-refractivity contribution in [2.24, 2.45) is 5.73 Å². The van der Waals surface area contributed by atoms with Crippen LogP contribution in [0.2, 0.25) is 0 Å². The van der Waals surface area contributed by atoms with Crippen molar-refractivity contribution < 1.29 is 43.2 Å². The SMILES string of the molecule is C.C.CC(C)(C)OC(=O)c1ccccc1-c1ccc(CN2CCOc3cc(C(=O)O)ccc32)cc1.C[C@H](N)c1ccccc1.C[C@H](NC(=O)c1ccc2c(c1)OCCN2Cc1ccc(-c2ccccc2C(=O)OC(C)(C)C)cc1)c1ccccc1. The van der Waals surface area contributed by atoms with Gasteiger partial charge in [0.1, 0.15) is 35.9 Å². The lowest BCUT2D eigenvalue weighted by Crippen LogP contribution is -2.32. The van der Waals surface area contributed by atoms with Crippen molar-refractivity contribution in [3.05, 3.63) is 239 Å². The predicted octanol–water partition coefficient (Wildman–Crippen LogP) is 15.6. The van der Waals surface area contributed by atoms with Crippen molar-refractivity contribution in [1.82, 2.24) is 5.32 Å². The number of hydrogen-bond acceptors (Lipinski definition) is 11. The highest BCUT2D eigenvalue weighted by molar-refractivity contribution is 5.99. The molecule has 0 aliphatic carbocycles. The molecule has 2 atom stereocenters. The second-order valence-corrected chi connectivity index (χ2v) is 22.5. The van der Waals surface area contributed by atoms with E-state index in [-0.39, 0.29) is 50.3 Å². The van der Waals surface area contributed by atoms with Crippen molar-refractivity contribution in [2.75, 3.05) is 36.1 Å². The molecule has 4 N–H and O–H groups in total. The van der Waals surface area contributed by atoms with Crippen LogP contribution >= 0.6 is 0 Å². The molecule has 8 aromatic rings. The van der Waals surface area contributed by atoms with Crippen LogP contribution in [0.15, 0.2) is 194 Å². The Morgan fingerprint density at radius 1 is 0.529 bits per heavy atom. The van der Waals surface area contributed by atoms with Gasteiger partial charge in [-0.3, -0.25) is 4.79 Å². The first kappa shape index (κ1) is 65.0. The minimum atomic E-state index is -0.972. The number of carbonyl (C=O) groups excluding carboxylic acids is 3. The molecule has 1 amide bonds. The lowest BCUT2D eigenvalue weighted by atomic mass is 9.98. The number of hydrogen-bond donors (Lipinski definition) is 3. The summed E-state index contributed by atoms with van der Waals surface area (Å²) in [5, 5.41) is 12.3. The zero-order valence-corrected chi connectivity index (χ0v) is 48.6. The Hall–Kier alpha value is -9.20. The highest BCUT2D eigenvalue weighted by atomic mass is 16.6. The third-order valence-electron chi connectivity index (χ3n) is 13.7. The highest BCUT2D eigenvalue weighted by Crippen LogP contribution is 2.36. The largest absolute Gasteiger partial charge is 0.490 e. The lowest BCUT2D eigenvalue weighted by molar-refractivity contribution is 0.00578. The predicted molar refractivity (Wildman–Crippen MR) is 342 cm³/mol. The topological polar surface area (TPSA) is 170 Å². The van der Waals surface area contributed by atoms with Gasteiger partial charge in [-0.15, -0.1) is 0 Å². The van der Waals surface area contributed by atoms with Crippen LogP contribution in [0.4, 0.5) is 11.4 Å². The number of nitrogens with two attached hydrogens (primary N) is 1. The molecular weight excluding hydrogens is 1060 g/mol. The molecule has 444 valence electrons. The smallest absolute Gasteiger partial charge is 0.339 e. The van der Waals surface area contributed by atoms with Gasteiger partial charge in [0.2, 0.25) is 0 Å². The maximum atomic E-state index is 13.0. The number of nitrogens with one attached hydrogen (secondary N) is 1. The van der Waals surface area contributed by atoms with Crippen LogP contribution in [-0.2, 0) is 22.6 Å². The Kier molecular flexibility index (Phi) is 22.4. The molecule has 2 aliphatic heterocycles. The summed E-state index contributed by atoms with van der Waals surface area (Å²) < 4.78 is 22.8. The van der Waals surface area contributed by atoms with E-state index in [1.54, 1.807) is 30.3 Å². The Morgan fingerprint density at radius 3 is 1.32 bits per heavy atom. The van der Waals surface area contributed by atoms with Crippen molar-refractivity contribution in [1.29, 1.82) is 0 Å². The molecule has 8 aromatic carbocycles. The number of fused-ring (bicyclic) bond motifs is 2. The second-order valence-electron chi connectivity index (χ2n) is 22.5. The molecule has 2 heterocycles. The van der Waals surface area contributed by atoms with Gasteiger partial charge in [0.25, 0.3) is 5.91 Å². The van der Waals surface area contributed by atoms with Gasteiger partial charge in [-0.05, 0) is 148 Å². The summed E-state index contributed by atoms with van der Waals surface area (Å²) in [6, 6.07) is 62.0. The third-order valence-corrected chi connectivity index (χ3v) is 13.7. The maximum Gasteiger partial charge on any atom is 0.339 e. The van der Waals surface area contributed by atoms with Gasteiger partial charge in [-0.2, -0.15) is 0 Å². The summed E-state index contributed by atoms with van der Waals surface area (Å²) in [7, 11) is 0. The number of carboxylic acid groups (broad SMARTS) is 1. The van der Waals surface area contributed by atoms with E-state index in [9.17, 15) is 24.3 Å². The summed E-state index contributed by atoms with van der Waals surface area (Å²) in [6.45, 7) is 19.0. The third kappa shape index (κ3) is 17.9. The van der Waals surface area contributed by atoms with Gasteiger partial charge in [0, 0.05) is 24.7 Å². The second kappa shape index (κ2) is 29.4. The molecule has 10 rings (SSSR count). The summed E-state index contributed by atoms with van der Waals surface area (Å²) >= 11 is 0. The molecule has 2 aliphatic rings. The summed E-state index contributed by atoms with van der Waals surface area (Å²) in [4.78, 5) is 54.1. The molecule has 0 radical (unpaired) electrons. The minimum Gasteiger partial charge on any atom is -0.490 e. The van der Waals surface area contributed by atoms with E-state index >= 15 is 0 Å². The van der Waals surface area contributed by atoms with Crippen LogP contribution in [-0.4, -0.2) is 66.4 Å². The molecule has 0 aromatic heterocycles. The van der Waals surface area contributed by atoms with Gasteiger partial charge < -0.3 is 44.9 Å². The number of aromatic carboxylic acids is 1. The number of carboxylic acids is 1. The molecule has 85 heavy (non-hydrogen) atoms.